The largest absolute Gasteiger partial charge is 0.573 e. The maximum Gasteiger partial charge on any atom is 0.573 e. The molecule has 2 heterocycles. The second-order valence-electron chi connectivity index (χ2n) is 7.32. The van der Waals surface area contributed by atoms with Gasteiger partial charge in [-0.2, -0.15) is 4.52 Å². The second kappa shape index (κ2) is 8.93. The number of amides is 1. The molecule has 172 valence electrons. The molecule has 1 amide bonds. The van der Waals surface area contributed by atoms with E-state index >= 15 is 0 Å². The van der Waals surface area contributed by atoms with Gasteiger partial charge < -0.3 is 15.4 Å². The second-order valence-corrected chi connectivity index (χ2v) is 7.32. The Bertz CT molecular complexity index is 1300. The third kappa shape index (κ3) is 4.81. The summed E-state index contributed by atoms with van der Waals surface area (Å²) in [5, 5.41) is 10.9. The molecule has 0 aliphatic heterocycles. The Kier molecular flexibility index (Phi) is 6.03. The molecule has 33 heavy (non-hydrogen) atoms. The lowest BCUT2D eigenvalue weighted by Gasteiger charge is -2.15. The predicted octanol–water partition coefficient (Wildman–Crippen LogP) is 4.17. The zero-order chi connectivity index (χ0) is 23.6. The summed E-state index contributed by atoms with van der Waals surface area (Å²) in [6.07, 6.45) is -4.07. The van der Waals surface area contributed by atoms with Gasteiger partial charge in [0.05, 0.1) is 11.1 Å². The Morgan fingerprint density at radius 3 is 2.61 bits per heavy atom. The van der Waals surface area contributed by atoms with Crippen LogP contribution in [0.4, 0.5) is 19.1 Å². The van der Waals surface area contributed by atoms with Crippen molar-refractivity contribution >= 4 is 28.4 Å². The highest BCUT2D eigenvalue weighted by Gasteiger charge is 2.32. The fourth-order valence-electron chi connectivity index (χ4n) is 3.29. The summed E-state index contributed by atoms with van der Waals surface area (Å²) in [6, 6.07) is 12.2. The number of hydrogen-bond acceptors (Lipinski definition) is 6. The van der Waals surface area contributed by atoms with E-state index in [9.17, 15) is 18.0 Å². The van der Waals surface area contributed by atoms with Crippen LogP contribution in [0, 0.1) is 0 Å². The highest BCUT2D eigenvalue weighted by molar-refractivity contribution is 5.93. The Morgan fingerprint density at radius 1 is 1.12 bits per heavy atom. The molecule has 2 N–H and O–H groups in total. The van der Waals surface area contributed by atoms with Gasteiger partial charge in [0.25, 0.3) is 0 Å². The zero-order valence-electron chi connectivity index (χ0n) is 17.8. The van der Waals surface area contributed by atoms with E-state index in [-0.39, 0.29) is 23.2 Å². The van der Waals surface area contributed by atoms with Crippen LogP contribution in [-0.2, 0) is 4.79 Å². The smallest absolute Gasteiger partial charge is 0.405 e. The Labute approximate surface area is 186 Å². The van der Waals surface area contributed by atoms with Crippen molar-refractivity contribution in [2.45, 2.75) is 32.7 Å². The van der Waals surface area contributed by atoms with E-state index < -0.39 is 18.2 Å². The summed E-state index contributed by atoms with van der Waals surface area (Å²) < 4.78 is 44.2. The van der Waals surface area contributed by atoms with Crippen LogP contribution in [0.1, 0.15) is 20.3 Å². The first-order chi connectivity index (χ1) is 15.8. The van der Waals surface area contributed by atoms with E-state index in [1.807, 2.05) is 6.92 Å². The van der Waals surface area contributed by atoms with Gasteiger partial charge in [0, 0.05) is 11.9 Å². The lowest BCUT2D eigenvalue weighted by Crippen LogP contribution is -2.38. The van der Waals surface area contributed by atoms with E-state index in [0.29, 0.717) is 23.1 Å². The summed E-state index contributed by atoms with van der Waals surface area (Å²) in [5.74, 6) is -0.376. The summed E-state index contributed by atoms with van der Waals surface area (Å²) in [7, 11) is 0. The predicted molar refractivity (Wildman–Crippen MR) is 117 cm³/mol. The molecule has 0 radical (unpaired) electrons. The first-order valence-corrected chi connectivity index (χ1v) is 10.3. The summed E-state index contributed by atoms with van der Waals surface area (Å²) in [5.41, 5.74) is 1.04. The van der Waals surface area contributed by atoms with E-state index in [1.54, 1.807) is 37.3 Å². The van der Waals surface area contributed by atoms with Crippen molar-refractivity contribution in [3.63, 3.8) is 0 Å². The molecule has 0 spiro atoms. The molecule has 0 saturated heterocycles. The quantitative estimate of drug-likeness (QED) is 0.432. The minimum absolute atomic E-state index is 0.0270. The normalized spacial score (nSPS) is 12.6. The summed E-state index contributed by atoms with van der Waals surface area (Å²) >= 11 is 0. The number of rotatable bonds is 7. The van der Waals surface area contributed by atoms with Gasteiger partial charge in [-0.15, -0.1) is 18.3 Å². The number of carbonyl (C=O) groups excluding carboxylic acids is 1. The molecule has 0 saturated carbocycles. The van der Waals surface area contributed by atoms with Crippen molar-refractivity contribution in [1.29, 1.82) is 0 Å². The molecule has 1 atom stereocenters. The Balaban J connectivity index is 1.82. The van der Waals surface area contributed by atoms with Gasteiger partial charge in [-0.05, 0) is 37.6 Å². The van der Waals surface area contributed by atoms with E-state index in [4.69, 9.17) is 0 Å². The van der Waals surface area contributed by atoms with Crippen LogP contribution in [0.5, 0.6) is 5.75 Å². The van der Waals surface area contributed by atoms with Crippen molar-refractivity contribution in [3.8, 4) is 17.1 Å². The molecule has 0 bridgehead atoms. The topological polar surface area (TPSA) is 93.4 Å². The van der Waals surface area contributed by atoms with Crippen LogP contribution in [0.2, 0.25) is 0 Å². The van der Waals surface area contributed by atoms with Crippen molar-refractivity contribution in [1.82, 2.24) is 24.9 Å². The molecule has 4 rings (SSSR count). The fraction of sp³-hybridized carbons (Fsp3) is 0.273. The van der Waals surface area contributed by atoms with Crippen molar-refractivity contribution in [2.75, 3.05) is 11.9 Å². The highest BCUT2D eigenvalue weighted by atomic mass is 19.4. The van der Waals surface area contributed by atoms with Gasteiger partial charge in [-0.25, -0.2) is 9.97 Å². The fourth-order valence-corrected chi connectivity index (χ4v) is 3.29. The molecule has 0 fully saturated rings. The third-order valence-electron chi connectivity index (χ3n) is 4.82. The average molecular weight is 458 g/mol. The summed E-state index contributed by atoms with van der Waals surface area (Å²) in [4.78, 5) is 21.4. The van der Waals surface area contributed by atoms with Crippen LogP contribution >= 0.6 is 0 Å². The van der Waals surface area contributed by atoms with Crippen molar-refractivity contribution < 1.29 is 22.7 Å². The standard InChI is InChI=1S/C22H21F3N6O2/c1-3-12-26-20(32)13(2)27-21-28-16-10-6-4-8-14(16)19-29-18(30-31(19)21)15-9-5-7-11-17(15)33-22(23,24)25/h4-11,13H,3,12H2,1-2H3,(H,26,32)(H,27,28)/t13-/m1/s1. The number of nitrogens with one attached hydrogen (secondary N) is 2. The van der Waals surface area contributed by atoms with Crippen LogP contribution in [0.15, 0.2) is 48.5 Å². The number of benzene rings is 2. The van der Waals surface area contributed by atoms with Gasteiger partial charge in [0.1, 0.15) is 11.8 Å². The number of hydrogen-bond donors (Lipinski definition) is 2. The van der Waals surface area contributed by atoms with Gasteiger partial charge in [-0.3, -0.25) is 4.79 Å². The van der Waals surface area contributed by atoms with Gasteiger partial charge >= 0.3 is 6.36 Å². The third-order valence-corrected chi connectivity index (χ3v) is 4.82. The number of aromatic nitrogens is 4. The maximum atomic E-state index is 12.9. The number of fused-ring (bicyclic) bond motifs is 3. The number of para-hydroxylation sites is 2. The number of nitrogens with zero attached hydrogens (tertiary/aromatic N) is 4. The van der Waals surface area contributed by atoms with Crippen LogP contribution in [0.25, 0.3) is 27.9 Å². The first kappa shape index (κ1) is 22.3. The number of carbonyl (C=O) groups is 1. The van der Waals surface area contributed by atoms with Gasteiger partial charge in [0.2, 0.25) is 11.9 Å². The molecule has 0 unspecified atom stereocenters. The monoisotopic (exact) mass is 458 g/mol. The van der Waals surface area contributed by atoms with E-state index in [1.165, 1.54) is 22.7 Å². The van der Waals surface area contributed by atoms with Gasteiger partial charge in [-0.1, -0.05) is 31.2 Å². The molecular weight excluding hydrogens is 437 g/mol. The first-order valence-electron chi connectivity index (χ1n) is 10.3. The molecule has 2 aromatic carbocycles. The van der Waals surface area contributed by atoms with Crippen LogP contribution < -0.4 is 15.4 Å². The minimum Gasteiger partial charge on any atom is -0.405 e. The van der Waals surface area contributed by atoms with Crippen molar-refractivity contribution in [3.05, 3.63) is 48.5 Å². The zero-order valence-corrected chi connectivity index (χ0v) is 17.8. The Hall–Kier alpha value is -3.89. The average Bonchev–Trinajstić information content (AvgIpc) is 3.22. The van der Waals surface area contributed by atoms with Gasteiger partial charge in [0.15, 0.2) is 11.5 Å². The lowest BCUT2D eigenvalue weighted by molar-refractivity contribution is -0.274. The molecule has 11 heteroatoms. The SMILES string of the molecule is CCCNC(=O)[C@@H](C)Nc1nc2ccccc2c2nc(-c3ccccc3OC(F)(F)F)nn12. The maximum absolute atomic E-state index is 12.9. The number of anilines is 1. The van der Waals surface area contributed by atoms with Crippen LogP contribution in [0.3, 0.4) is 0 Å². The van der Waals surface area contributed by atoms with Crippen molar-refractivity contribution in [2.24, 2.45) is 0 Å². The van der Waals surface area contributed by atoms with E-state index in [0.717, 1.165) is 6.42 Å². The number of halogens is 3. The molecular formula is C22H21F3N6O2. The van der Waals surface area contributed by atoms with E-state index in [2.05, 4.69) is 30.4 Å². The lowest BCUT2D eigenvalue weighted by atomic mass is 10.2. The molecule has 8 nitrogen and oxygen atoms in total. The molecule has 0 aliphatic carbocycles. The minimum atomic E-state index is -4.86. The number of ether oxygens (including phenoxy) is 1. The summed E-state index contributed by atoms with van der Waals surface area (Å²) in [6.45, 7) is 4.16. The molecule has 2 aromatic heterocycles. The molecule has 0 aliphatic rings. The molecule has 4 aromatic rings. The highest BCUT2D eigenvalue weighted by Crippen LogP contribution is 2.33. The van der Waals surface area contributed by atoms with Crippen LogP contribution in [-0.4, -0.2) is 44.4 Å². The number of alkyl halides is 3. The Morgan fingerprint density at radius 2 is 1.85 bits per heavy atom.